The molecule has 1 aliphatic rings. The van der Waals surface area contributed by atoms with E-state index in [1.165, 1.54) is 6.07 Å². The lowest BCUT2D eigenvalue weighted by Crippen LogP contribution is -2.33. The lowest BCUT2D eigenvalue weighted by atomic mass is 9.88. The molecule has 1 N–H and O–H groups in total. The molecule has 2 rings (SSSR count). The van der Waals surface area contributed by atoms with Crippen LogP contribution in [0.2, 0.25) is 0 Å². The van der Waals surface area contributed by atoms with Crippen molar-refractivity contribution in [1.82, 2.24) is 5.48 Å². The minimum absolute atomic E-state index is 0.0605. The van der Waals surface area contributed by atoms with E-state index in [9.17, 15) is 4.39 Å². The van der Waals surface area contributed by atoms with Crippen LogP contribution in [-0.4, -0.2) is 6.10 Å². The van der Waals surface area contributed by atoms with E-state index in [-0.39, 0.29) is 11.9 Å². The highest BCUT2D eigenvalue weighted by Crippen LogP contribution is 2.33. The van der Waals surface area contributed by atoms with Crippen LogP contribution < -0.4 is 5.48 Å². The van der Waals surface area contributed by atoms with Gasteiger partial charge in [0.15, 0.2) is 0 Å². The lowest BCUT2D eigenvalue weighted by Gasteiger charge is -2.23. The van der Waals surface area contributed by atoms with Crippen molar-refractivity contribution in [1.29, 1.82) is 0 Å². The van der Waals surface area contributed by atoms with Crippen LogP contribution in [0.5, 0.6) is 0 Å². The maximum atomic E-state index is 13.6. The molecule has 1 aromatic rings. The number of hydrogen-bond donors (Lipinski definition) is 1. The van der Waals surface area contributed by atoms with Crippen LogP contribution in [0.25, 0.3) is 0 Å². The van der Waals surface area contributed by atoms with Gasteiger partial charge in [0.1, 0.15) is 5.82 Å². The van der Waals surface area contributed by atoms with Crippen LogP contribution in [0.1, 0.15) is 18.9 Å². The number of halogens is 1. The molecule has 1 heterocycles. The van der Waals surface area contributed by atoms with E-state index in [2.05, 4.69) is 12.1 Å². The Hall–Kier alpha value is -1.19. The van der Waals surface area contributed by atoms with E-state index in [1.807, 2.05) is 13.0 Å². The minimum Gasteiger partial charge on any atom is -0.293 e. The first kappa shape index (κ1) is 10.3. The van der Waals surface area contributed by atoms with E-state index < -0.39 is 5.54 Å². The highest BCUT2D eigenvalue weighted by Gasteiger charge is 2.37. The van der Waals surface area contributed by atoms with Crippen molar-refractivity contribution in [2.45, 2.75) is 25.0 Å². The smallest absolute Gasteiger partial charge is 0.128 e. The molecular weight excluding hydrogens is 193 g/mol. The summed E-state index contributed by atoms with van der Waals surface area (Å²) < 4.78 is 13.6. The Morgan fingerprint density at radius 1 is 1.60 bits per heavy atom. The topological polar surface area (TPSA) is 21.3 Å². The lowest BCUT2D eigenvalue weighted by molar-refractivity contribution is 0.0338. The largest absolute Gasteiger partial charge is 0.293 e. The average Bonchev–Trinajstić information content (AvgIpc) is 2.62. The molecule has 1 aliphatic heterocycles. The van der Waals surface area contributed by atoms with Gasteiger partial charge in [0, 0.05) is 12.0 Å². The normalized spacial score (nSPS) is 30.4. The van der Waals surface area contributed by atoms with Gasteiger partial charge in [-0.15, -0.1) is 6.58 Å². The fraction of sp³-hybridized carbons (Fsp3) is 0.333. The second-order valence-corrected chi connectivity index (χ2v) is 4.01. The maximum absolute atomic E-state index is 13.6. The van der Waals surface area contributed by atoms with Gasteiger partial charge in [-0.2, -0.15) is 5.48 Å². The number of rotatable bonds is 2. The molecule has 80 valence electrons. The first-order chi connectivity index (χ1) is 7.15. The molecule has 0 bridgehead atoms. The standard InChI is InChI=1S/C12H14FNO/c1-3-9-8-12(2,14-15-9)10-6-4-5-7-11(10)13/h3-7,9,14H,1,8H2,2H3. The van der Waals surface area contributed by atoms with Gasteiger partial charge in [-0.05, 0) is 13.0 Å². The molecule has 0 saturated carbocycles. The van der Waals surface area contributed by atoms with Crippen LogP contribution in [0.4, 0.5) is 4.39 Å². The summed E-state index contributed by atoms with van der Waals surface area (Å²) in [5, 5.41) is 0. The van der Waals surface area contributed by atoms with Gasteiger partial charge >= 0.3 is 0 Å². The molecule has 3 heteroatoms. The second-order valence-electron chi connectivity index (χ2n) is 4.01. The van der Waals surface area contributed by atoms with Gasteiger partial charge in [0.05, 0.1) is 11.6 Å². The van der Waals surface area contributed by atoms with Crippen molar-refractivity contribution in [3.05, 3.63) is 48.3 Å². The summed E-state index contributed by atoms with van der Waals surface area (Å²) in [6, 6.07) is 6.75. The summed E-state index contributed by atoms with van der Waals surface area (Å²) in [4.78, 5) is 5.29. The first-order valence-corrected chi connectivity index (χ1v) is 4.96. The Kier molecular flexibility index (Phi) is 2.59. The molecule has 0 spiro atoms. The molecule has 0 radical (unpaired) electrons. The predicted octanol–water partition coefficient (Wildman–Crippen LogP) is 2.52. The van der Waals surface area contributed by atoms with Crippen LogP contribution in [0.3, 0.4) is 0 Å². The highest BCUT2D eigenvalue weighted by atomic mass is 19.1. The van der Waals surface area contributed by atoms with Crippen molar-refractivity contribution in [3.63, 3.8) is 0 Å². The molecule has 0 aliphatic carbocycles. The molecule has 0 aromatic heterocycles. The number of hydrogen-bond acceptors (Lipinski definition) is 2. The van der Waals surface area contributed by atoms with Gasteiger partial charge in [-0.25, -0.2) is 4.39 Å². The van der Waals surface area contributed by atoms with Crippen molar-refractivity contribution in [2.75, 3.05) is 0 Å². The average molecular weight is 207 g/mol. The van der Waals surface area contributed by atoms with Crippen molar-refractivity contribution in [3.8, 4) is 0 Å². The van der Waals surface area contributed by atoms with Gasteiger partial charge in [0.25, 0.3) is 0 Å². The van der Waals surface area contributed by atoms with E-state index in [0.29, 0.717) is 12.0 Å². The van der Waals surface area contributed by atoms with Crippen LogP contribution in [0.15, 0.2) is 36.9 Å². The highest BCUT2D eigenvalue weighted by molar-refractivity contribution is 5.26. The fourth-order valence-electron chi connectivity index (χ4n) is 1.90. The summed E-state index contributed by atoms with van der Waals surface area (Å²) in [6.45, 7) is 5.59. The second kappa shape index (κ2) is 3.76. The van der Waals surface area contributed by atoms with Crippen molar-refractivity contribution >= 4 is 0 Å². The molecule has 15 heavy (non-hydrogen) atoms. The van der Waals surface area contributed by atoms with E-state index in [1.54, 1.807) is 18.2 Å². The van der Waals surface area contributed by atoms with Gasteiger partial charge in [-0.1, -0.05) is 24.3 Å². The molecule has 2 unspecified atom stereocenters. The minimum atomic E-state index is -0.468. The number of hydroxylamine groups is 1. The van der Waals surface area contributed by atoms with Crippen molar-refractivity contribution in [2.24, 2.45) is 0 Å². The summed E-state index contributed by atoms with van der Waals surface area (Å²) in [5.41, 5.74) is 3.05. The van der Waals surface area contributed by atoms with Crippen LogP contribution >= 0.6 is 0 Å². The molecule has 2 atom stereocenters. The summed E-state index contributed by atoms with van der Waals surface area (Å²) in [5.74, 6) is -0.208. The van der Waals surface area contributed by atoms with Crippen LogP contribution in [-0.2, 0) is 10.4 Å². The van der Waals surface area contributed by atoms with E-state index >= 15 is 0 Å². The first-order valence-electron chi connectivity index (χ1n) is 4.96. The molecule has 1 saturated heterocycles. The van der Waals surface area contributed by atoms with Gasteiger partial charge in [-0.3, -0.25) is 4.84 Å². The molecule has 2 nitrogen and oxygen atoms in total. The third kappa shape index (κ3) is 1.80. The Bertz CT molecular complexity index is 380. The number of nitrogens with one attached hydrogen (secondary N) is 1. The quantitative estimate of drug-likeness (QED) is 0.752. The van der Waals surface area contributed by atoms with Crippen LogP contribution in [0, 0.1) is 5.82 Å². The molecular formula is C12H14FNO. The number of benzene rings is 1. The van der Waals surface area contributed by atoms with Crippen molar-refractivity contribution < 1.29 is 9.23 Å². The summed E-state index contributed by atoms with van der Waals surface area (Å²) >= 11 is 0. The zero-order valence-electron chi connectivity index (χ0n) is 8.66. The SMILES string of the molecule is C=CC1CC(C)(c2ccccc2F)NO1. The zero-order valence-corrected chi connectivity index (χ0v) is 8.66. The zero-order chi connectivity index (χ0) is 10.9. The Labute approximate surface area is 88.7 Å². The Morgan fingerprint density at radius 3 is 2.93 bits per heavy atom. The third-order valence-corrected chi connectivity index (χ3v) is 2.78. The predicted molar refractivity (Wildman–Crippen MR) is 56.6 cm³/mol. The van der Waals surface area contributed by atoms with E-state index in [0.717, 1.165) is 0 Å². The fourth-order valence-corrected chi connectivity index (χ4v) is 1.90. The monoisotopic (exact) mass is 207 g/mol. The summed E-state index contributed by atoms with van der Waals surface area (Å²) in [7, 11) is 0. The van der Waals surface area contributed by atoms with E-state index in [4.69, 9.17) is 4.84 Å². The molecule has 0 amide bonds. The third-order valence-electron chi connectivity index (χ3n) is 2.78. The van der Waals surface area contributed by atoms with Gasteiger partial charge < -0.3 is 0 Å². The molecule has 1 aromatic carbocycles. The Balaban J connectivity index is 2.31. The summed E-state index contributed by atoms with van der Waals surface area (Å²) in [6.07, 6.45) is 2.35. The maximum Gasteiger partial charge on any atom is 0.128 e. The Morgan fingerprint density at radius 2 is 2.33 bits per heavy atom. The molecule has 1 fully saturated rings. The van der Waals surface area contributed by atoms with Gasteiger partial charge in [0.2, 0.25) is 0 Å².